The Balaban J connectivity index is 3.84. The van der Waals surface area contributed by atoms with Crippen LogP contribution in [0.2, 0.25) is 0 Å². The van der Waals surface area contributed by atoms with Gasteiger partial charge in [-0.15, -0.1) is 0 Å². The molecule has 6 heteroatoms. The van der Waals surface area contributed by atoms with Crippen LogP contribution in [0.1, 0.15) is 19.3 Å². The lowest BCUT2D eigenvalue weighted by Gasteiger charge is -2.14. The molecule has 0 aliphatic heterocycles. The summed E-state index contributed by atoms with van der Waals surface area (Å²) in [5.41, 5.74) is 9.73. The largest absolute Gasteiger partial charge is 0.370 e. The van der Waals surface area contributed by atoms with Crippen LogP contribution in [0.4, 0.5) is 0 Å². The van der Waals surface area contributed by atoms with E-state index in [1.165, 1.54) is 0 Å². The van der Waals surface area contributed by atoms with Crippen molar-refractivity contribution in [2.24, 2.45) is 17.4 Å². The number of hydrogen-bond acceptors (Lipinski definition) is 4. The molecule has 0 radical (unpaired) electrons. The molecule has 0 aromatic carbocycles. The molecule has 0 saturated carbocycles. The van der Waals surface area contributed by atoms with E-state index in [9.17, 15) is 9.59 Å². The maximum Gasteiger partial charge on any atom is 0.225 e. The second kappa shape index (κ2) is 5.50. The second-order valence-electron chi connectivity index (χ2n) is 2.78. The lowest BCUT2D eigenvalue weighted by atomic mass is 10.0. The molecule has 0 aliphatic rings. The molecule has 0 bridgehead atoms. The smallest absolute Gasteiger partial charge is 0.225 e. The van der Waals surface area contributed by atoms with Crippen molar-refractivity contribution in [2.75, 3.05) is 0 Å². The van der Waals surface area contributed by atoms with Gasteiger partial charge >= 0.3 is 0 Å². The summed E-state index contributed by atoms with van der Waals surface area (Å²) in [6, 6.07) is 0. The maximum atomic E-state index is 10.6. The SMILES string of the molecule is NC(=O)CCCC(C(N)=O)C(O)O. The molecule has 0 spiro atoms. The van der Waals surface area contributed by atoms with Gasteiger partial charge in [-0.2, -0.15) is 0 Å². The molecule has 6 nitrogen and oxygen atoms in total. The Morgan fingerprint density at radius 3 is 2.08 bits per heavy atom. The molecule has 76 valence electrons. The fourth-order valence-electron chi connectivity index (χ4n) is 0.934. The summed E-state index contributed by atoms with van der Waals surface area (Å²) in [4.78, 5) is 20.9. The maximum absolute atomic E-state index is 10.6. The zero-order chi connectivity index (χ0) is 10.4. The predicted molar refractivity (Wildman–Crippen MR) is 44.0 cm³/mol. The number of nitrogens with two attached hydrogens (primary N) is 2. The Labute approximate surface area is 75.5 Å². The van der Waals surface area contributed by atoms with Gasteiger partial charge in [0, 0.05) is 6.42 Å². The van der Waals surface area contributed by atoms with Gasteiger partial charge in [0.2, 0.25) is 11.8 Å². The zero-order valence-electron chi connectivity index (χ0n) is 7.14. The molecule has 0 saturated heterocycles. The highest BCUT2D eigenvalue weighted by Crippen LogP contribution is 2.10. The molecule has 0 aliphatic carbocycles. The van der Waals surface area contributed by atoms with Crippen LogP contribution in [0.3, 0.4) is 0 Å². The second-order valence-corrected chi connectivity index (χ2v) is 2.78. The summed E-state index contributed by atoms with van der Waals surface area (Å²) >= 11 is 0. The average Bonchev–Trinajstić information content (AvgIpc) is 1.95. The van der Waals surface area contributed by atoms with Crippen LogP contribution < -0.4 is 11.5 Å². The van der Waals surface area contributed by atoms with Crippen molar-refractivity contribution in [2.45, 2.75) is 25.6 Å². The minimum Gasteiger partial charge on any atom is -0.370 e. The lowest BCUT2D eigenvalue weighted by Crippen LogP contribution is -2.33. The van der Waals surface area contributed by atoms with E-state index in [1.54, 1.807) is 0 Å². The first-order chi connectivity index (χ1) is 5.95. The van der Waals surface area contributed by atoms with Gasteiger partial charge in [0.15, 0.2) is 6.29 Å². The summed E-state index contributed by atoms with van der Waals surface area (Å²) in [5, 5.41) is 17.4. The molecule has 6 N–H and O–H groups in total. The van der Waals surface area contributed by atoms with Crippen molar-refractivity contribution in [1.29, 1.82) is 0 Å². The number of aliphatic hydroxyl groups excluding tert-OH is 1. The van der Waals surface area contributed by atoms with E-state index in [4.69, 9.17) is 21.7 Å². The van der Waals surface area contributed by atoms with E-state index in [-0.39, 0.29) is 12.8 Å². The molecule has 2 amide bonds. The number of carbonyl (C=O) groups excluding carboxylic acids is 2. The molecule has 0 heterocycles. The van der Waals surface area contributed by atoms with Crippen molar-refractivity contribution < 1.29 is 19.8 Å². The molecular weight excluding hydrogens is 176 g/mol. The van der Waals surface area contributed by atoms with Crippen LogP contribution in [0.5, 0.6) is 0 Å². The third kappa shape index (κ3) is 5.15. The van der Waals surface area contributed by atoms with E-state index in [0.29, 0.717) is 6.42 Å². The van der Waals surface area contributed by atoms with Gasteiger partial charge in [-0.25, -0.2) is 0 Å². The highest BCUT2D eigenvalue weighted by atomic mass is 16.5. The third-order valence-electron chi connectivity index (χ3n) is 1.66. The van der Waals surface area contributed by atoms with Crippen molar-refractivity contribution in [3.8, 4) is 0 Å². The predicted octanol–water partition coefficient (Wildman–Crippen LogP) is -1.95. The van der Waals surface area contributed by atoms with E-state index >= 15 is 0 Å². The van der Waals surface area contributed by atoms with Gasteiger partial charge in [0.05, 0.1) is 5.92 Å². The Morgan fingerprint density at radius 2 is 1.77 bits per heavy atom. The number of rotatable bonds is 6. The Kier molecular flexibility index (Phi) is 5.01. The van der Waals surface area contributed by atoms with E-state index in [0.717, 1.165) is 0 Å². The van der Waals surface area contributed by atoms with Crippen LogP contribution in [0.15, 0.2) is 0 Å². The Morgan fingerprint density at radius 1 is 1.23 bits per heavy atom. The number of aliphatic hydroxyl groups is 2. The van der Waals surface area contributed by atoms with Gasteiger partial charge in [-0.3, -0.25) is 9.59 Å². The zero-order valence-corrected chi connectivity index (χ0v) is 7.14. The van der Waals surface area contributed by atoms with Crippen molar-refractivity contribution >= 4 is 11.8 Å². The lowest BCUT2D eigenvalue weighted by molar-refractivity contribution is -0.140. The van der Waals surface area contributed by atoms with Crippen LogP contribution in [-0.2, 0) is 9.59 Å². The normalized spacial score (nSPS) is 12.8. The first kappa shape index (κ1) is 11.9. The first-order valence-corrected chi connectivity index (χ1v) is 3.89. The van der Waals surface area contributed by atoms with Crippen molar-refractivity contribution in [1.82, 2.24) is 0 Å². The summed E-state index contributed by atoms with van der Waals surface area (Å²) in [6.07, 6.45) is -1.20. The number of primary amides is 2. The van der Waals surface area contributed by atoms with E-state index in [1.807, 2.05) is 0 Å². The summed E-state index contributed by atoms with van der Waals surface area (Å²) in [6.45, 7) is 0. The standard InChI is InChI=1S/C7H14N2O4/c8-5(10)3-1-2-4(6(9)11)7(12)13/h4,7,12-13H,1-3H2,(H2,8,10)(H2,9,11). The fraction of sp³-hybridized carbons (Fsp3) is 0.714. The third-order valence-corrected chi connectivity index (χ3v) is 1.66. The molecule has 13 heavy (non-hydrogen) atoms. The quantitative estimate of drug-likeness (QED) is 0.363. The van der Waals surface area contributed by atoms with Gasteiger partial charge in [-0.05, 0) is 12.8 Å². The van der Waals surface area contributed by atoms with Gasteiger partial charge in [-0.1, -0.05) is 0 Å². The molecular formula is C7H14N2O4. The van der Waals surface area contributed by atoms with Gasteiger partial charge < -0.3 is 21.7 Å². The van der Waals surface area contributed by atoms with Crippen molar-refractivity contribution in [3.63, 3.8) is 0 Å². The van der Waals surface area contributed by atoms with Crippen LogP contribution in [0.25, 0.3) is 0 Å². The molecule has 1 atom stereocenters. The van der Waals surface area contributed by atoms with Crippen molar-refractivity contribution in [3.05, 3.63) is 0 Å². The van der Waals surface area contributed by atoms with Gasteiger partial charge in [0.25, 0.3) is 0 Å². The Hall–Kier alpha value is -1.14. The Bertz CT molecular complexity index is 193. The minimum absolute atomic E-state index is 0.108. The van der Waals surface area contributed by atoms with Crippen LogP contribution in [0, 0.1) is 5.92 Å². The average molecular weight is 190 g/mol. The summed E-state index contributed by atoms with van der Waals surface area (Å²) in [5.74, 6) is -2.31. The highest BCUT2D eigenvalue weighted by Gasteiger charge is 2.22. The monoisotopic (exact) mass is 190 g/mol. The molecule has 1 unspecified atom stereocenters. The fourth-order valence-corrected chi connectivity index (χ4v) is 0.934. The highest BCUT2D eigenvalue weighted by molar-refractivity contribution is 5.77. The van der Waals surface area contributed by atoms with Crippen LogP contribution >= 0.6 is 0 Å². The van der Waals surface area contributed by atoms with E-state index in [2.05, 4.69) is 0 Å². The minimum atomic E-state index is -1.77. The van der Waals surface area contributed by atoms with Gasteiger partial charge in [0.1, 0.15) is 0 Å². The summed E-state index contributed by atoms with van der Waals surface area (Å²) < 4.78 is 0. The number of carbonyl (C=O) groups is 2. The molecule has 0 rings (SSSR count). The molecule has 0 aromatic heterocycles. The number of hydrogen-bond donors (Lipinski definition) is 4. The van der Waals surface area contributed by atoms with Crippen LogP contribution in [-0.4, -0.2) is 28.3 Å². The van der Waals surface area contributed by atoms with E-state index < -0.39 is 24.0 Å². The molecule has 0 aromatic rings. The molecule has 0 fully saturated rings. The first-order valence-electron chi connectivity index (χ1n) is 3.89. The summed E-state index contributed by atoms with van der Waals surface area (Å²) in [7, 11) is 0. The number of amides is 2. The topological polar surface area (TPSA) is 127 Å².